The summed E-state index contributed by atoms with van der Waals surface area (Å²) in [5.41, 5.74) is 0.446. The third-order valence-electron chi connectivity index (χ3n) is 3.56. The number of aryl methyl sites for hydroxylation is 1. The van der Waals surface area contributed by atoms with Crippen LogP contribution >= 0.6 is 11.6 Å². The lowest BCUT2D eigenvalue weighted by Crippen LogP contribution is -2.31. The molecule has 1 unspecified atom stereocenters. The first kappa shape index (κ1) is 17.2. The smallest absolute Gasteiger partial charge is 0.339 e. The zero-order valence-electron chi connectivity index (χ0n) is 13.3. The number of carbonyl (C=O) groups excluding carboxylic acids is 1. The molecule has 0 saturated heterocycles. The molecule has 23 heavy (non-hydrogen) atoms. The second-order valence-corrected chi connectivity index (χ2v) is 5.84. The summed E-state index contributed by atoms with van der Waals surface area (Å²) in [5, 5.41) is 14.2. The van der Waals surface area contributed by atoms with Crippen molar-refractivity contribution in [3.05, 3.63) is 58.2 Å². The lowest BCUT2D eigenvalue weighted by atomic mass is 9.96. The Balaban J connectivity index is 2.13. The van der Waals surface area contributed by atoms with E-state index in [4.69, 9.17) is 11.6 Å². The maximum absolute atomic E-state index is 11.5. The van der Waals surface area contributed by atoms with Gasteiger partial charge in [0.2, 0.25) is 0 Å². The van der Waals surface area contributed by atoms with Gasteiger partial charge in [-0.3, -0.25) is 0 Å². The summed E-state index contributed by atoms with van der Waals surface area (Å²) in [4.78, 5) is 15.9. The third-order valence-corrected chi connectivity index (χ3v) is 3.89. The lowest BCUT2D eigenvalue weighted by molar-refractivity contribution is 0.0598. The van der Waals surface area contributed by atoms with Crippen LogP contribution in [0.2, 0.25) is 5.02 Å². The number of esters is 1. The van der Waals surface area contributed by atoms with Crippen LogP contribution in [0.5, 0.6) is 0 Å². The van der Waals surface area contributed by atoms with E-state index in [-0.39, 0.29) is 6.54 Å². The number of halogens is 1. The number of hydrogen-bond donors (Lipinski definition) is 2. The van der Waals surface area contributed by atoms with Crippen molar-refractivity contribution in [2.75, 3.05) is 19.0 Å². The van der Waals surface area contributed by atoms with E-state index < -0.39 is 11.6 Å². The minimum atomic E-state index is -1.16. The average molecular weight is 335 g/mol. The minimum absolute atomic E-state index is 0.223. The Morgan fingerprint density at radius 3 is 2.65 bits per heavy atom. The standard InChI is InChI=1S/C17H19ClN2O3/c1-11-12(16(21)23-3)8-9-15(20-11)19-10-17(2,22)13-6-4-5-7-14(13)18/h4-9,22H,10H2,1-3H3,(H,19,20). The molecule has 0 aliphatic rings. The highest BCUT2D eigenvalue weighted by Gasteiger charge is 2.25. The zero-order chi connectivity index (χ0) is 17.0. The van der Waals surface area contributed by atoms with E-state index in [1.165, 1.54) is 7.11 Å². The molecule has 0 radical (unpaired) electrons. The number of ether oxygens (including phenoxy) is 1. The van der Waals surface area contributed by atoms with Gasteiger partial charge in [-0.2, -0.15) is 0 Å². The number of benzene rings is 1. The highest BCUT2D eigenvalue weighted by Crippen LogP contribution is 2.28. The van der Waals surface area contributed by atoms with Crippen molar-refractivity contribution in [3.63, 3.8) is 0 Å². The van der Waals surface area contributed by atoms with Crippen molar-refractivity contribution in [3.8, 4) is 0 Å². The summed E-state index contributed by atoms with van der Waals surface area (Å²) >= 11 is 6.13. The Morgan fingerprint density at radius 2 is 2.04 bits per heavy atom. The van der Waals surface area contributed by atoms with E-state index in [1.807, 2.05) is 12.1 Å². The average Bonchev–Trinajstić information content (AvgIpc) is 2.52. The molecule has 1 atom stereocenters. The van der Waals surface area contributed by atoms with Crippen molar-refractivity contribution < 1.29 is 14.6 Å². The van der Waals surface area contributed by atoms with E-state index in [1.54, 1.807) is 38.1 Å². The maximum atomic E-state index is 11.5. The first-order chi connectivity index (χ1) is 10.8. The number of hydrogen-bond acceptors (Lipinski definition) is 5. The molecular weight excluding hydrogens is 316 g/mol. The highest BCUT2D eigenvalue weighted by atomic mass is 35.5. The van der Waals surface area contributed by atoms with Gasteiger partial charge in [-0.05, 0) is 32.0 Å². The first-order valence-corrected chi connectivity index (χ1v) is 7.50. The number of aromatic nitrogens is 1. The van der Waals surface area contributed by atoms with Gasteiger partial charge in [-0.25, -0.2) is 9.78 Å². The van der Waals surface area contributed by atoms with Crippen LogP contribution in [-0.4, -0.2) is 29.7 Å². The van der Waals surface area contributed by atoms with E-state index in [0.29, 0.717) is 27.7 Å². The van der Waals surface area contributed by atoms with Gasteiger partial charge in [0.25, 0.3) is 0 Å². The van der Waals surface area contributed by atoms with Gasteiger partial charge in [0.15, 0.2) is 0 Å². The van der Waals surface area contributed by atoms with Gasteiger partial charge in [-0.1, -0.05) is 29.8 Å². The largest absolute Gasteiger partial charge is 0.465 e. The quantitative estimate of drug-likeness (QED) is 0.822. The molecule has 0 spiro atoms. The molecule has 1 aromatic carbocycles. The number of anilines is 1. The van der Waals surface area contributed by atoms with Gasteiger partial charge in [0.1, 0.15) is 11.4 Å². The van der Waals surface area contributed by atoms with Crippen molar-refractivity contribution in [1.82, 2.24) is 4.98 Å². The molecule has 0 fully saturated rings. The predicted octanol–water partition coefficient (Wildman–Crippen LogP) is 3.15. The summed E-state index contributed by atoms with van der Waals surface area (Å²) in [6.45, 7) is 3.63. The number of carbonyl (C=O) groups is 1. The van der Waals surface area contributed by atoms with Gasteiger partial charge in [-0.15, -0.1) is 0 Å². The monoisotopic (exact) mass is 334 g/mol. The molecule has 0 saturated carbocycles. The number of nitrogens with one attached hydrogen (secondary N) is 1. The first-order valence-electron chi connectivity index (χ1n) is 7.12. The van der Waals surface area contributed by atoms with Crippen molar-refractivity contribution in [2.45, 2.75) is 19.4 Å². The van der Waals surface area contributed by atoms with Crippen LogP contribution in [-0.2, 0) is 10.3 Å². The summed E-state index contributed by atoms with van der Waals surface area (Å²) in [6.07, 6.45) is 0. The summed E-state index contributed by atoms with van der Waals surface area (Å²) < 4.78 is 4.69. The molecule has 5 nitrogen and oxygen atoms in total. The van der Waals surface area contributed by atoms with Crippen molar-refractivity contribution in [2.24, 2.45) is 0 Å². The van der Waals surface area contributed by atoms with Crippen LogP contribution in [0.15, 0.2) is 36.4 Å². The van der Waals surface area contributed by atoms with Crippen LogP contribution in [0.3, 0.4) is 0 Å². The molecule has 0 bridgehead atoms. The second kappa shape index (κ2) is 6.98. The molecule has 1 aromatic heterocycles. The van der Waals surface area contributed by atoms with Crippen LogP contribution < -0.4 is 5.32 Å². The van der Waals surface area contributed by atoms with Gasteiger partial charge in [0.05, 0.1) is 18.4 Å². The Kier molecular flexibility index (Phi) is 5.23. The van der Waals surface area contributed by atoms with Crippen molar-refractivity contribution in [1.29, 1.82) is 0 Å². The van der Waals surface area contributed by atoms with E-state index in [0.717, 1.165) is 0 Å². The Morgan fingerprint density at radius 1 is 1.35 bits per heavy atom. The SMILES string of the molecule is COC(=O)c1ccc(NCC(C)(O)c2ccccc2Cl)nc1C. The molecule has 122 valence electrons. The van der Waals surface area contributed by atoms with Gasteiger partial charge >= 0.3 is 5.97 Å². The van der Waals surface area contributed by atoms with E-state index in [9.17, 15) is 9.90 Å². The summed E-state index contributed by atoms with van der Waals surface area (Å²) in [5.74, 6) is 0.132. The fourth-order valence-electron chi connectivity index (χ4n) is 2.24. The summed E-state index contributed by atoms with van der Waals surface area (Å²) in [7, 11) is 1.33. The zero-order valence-corrected chi connectivity index (χ0v) is 14.0. The Bertz CT molecular complexity index is 717. The molecule has 0 amide bonds. The number of rotatable bonds is 5. The Labute approximate surface area is 140 Å². The van der Waals surface area contributed by atoms with Crippen LogP contribution in [0, 0.1) is 6.92 Å². The number of methoxy groups -OCH3 is 1. The summed E-state index contributed by atoms with van der Waals surface area (Å²) in [6, 6.07) is 10.5. The topological polar surface area (TPSA) is 71.5 Å². The van der Waals surface area contributed by atoms with Crippen LogP contribution in [0.4, 0.5) is 5.82 Å². The Hall–Kier alpha value is -2.11. The number of pyridine rings is 1. The molecule has 2 N–H and O–H groups in total. The normalized spacial score (nSPS) is 13.3. The van der Waals surface area contributed by atoms with Crippen LogP contribution in [0.1, 0.15) is 28.5 Å². The van der Waals surface area contributed by atoms with E-state index >= 15 is 0 Å². The predicted molar refractivity (Wildman–Crippen MR) is 89.8 cm³/mol. The highest BCUT2D eigenvalue weighted by molar-refractivity contribution is 6.31. The fraction of sp³-hybridized carbons (Fsp3) is 0.294. The third kappa shape index (κ3) is 4.00. The van der Waals surface area contributed by atoms with E-state index in [2.05, 4.69) is 15.0 Å². The lowest BCUT2D eigenvalue weighted by Gasteiger charge is -2.25. The molecule has 1 heterocycles. The van der Waals surface area contributed by atoms with Gasteiger partial charge in [0, 0.05) is 17.1 Å². The minimum Gasteiger partial charge on any atom is -0.465 e. The molecule has 0 aliphatic carbocycles. The molecule has 2 aromatic rings. The second-order valence-electron chi connectivity index (χ2n) is 5.43. The van der Waals surface area contributed by atoms with Crippen LogP contribution in [0.25, 0.3) is 0 Å². The molecular formula is C17H19ClN2O3. The maximum Gasteiger partial charge on any atom is 0.339 e. The molecule has 0 aliphatic heterocycles. The fourth-order valence-corrected chi connectivity index (χ4v) is 2.58. The number of aliphatic hydroxyl groups is 1. The van der Waals surface area contributed by atoms with Gasteiger partial charge < -0.3 is 15.2 Å². The van der Waals surface area contributed by atoms with Crippen molar-refractivity contribution >= 4 is 23.4 Å². The molecule has 6 heteroatoms. The molecule has 2 rings (SSSR count). The number of nitrogens with zero attached hydrogens (tertiary/aromatic N) is 1.